The molecule has 0 fully saturated rings. The minimum absolute atomic E-state index is 0.0862. The molecule has 0 unspecified atom stereocenters. The average Bonchev–Trinajstić information content (AvgIpc) is 2.67. The molecule has 78 valence electrons. The summed E-state index contributed by atoms with van der Waals surface area (Å²) >= 11 is 0. The molecule has 2 heterocycles. The van der Waals surface area contributed by atoms with Crippen molar-refractivity contribution in [2.45, 2.75) is 6.92 Å². The zero-order valence-electron chi connectivity index (χ0n) is 8.17. The van der Waals surface area contributed by atoms with Gasteiger partial charge in [0.1, 0.15) is 11.1 Å². The number of ether oxygens (including phenoxy) is 1. The van der Waals surface area contributed by atoms with E-state index < -0.39 is 5.97 Å². The van der Waals surface area contributed by atoms with Crippen LogP contribution in [-0.2, 0) is 4.74 Å². The van der Waals surface area contributed by atoms with Crippen LogP contribution in [-0.4, -0.2) is 27.3 Å². The van der Waals surface area contributed by atoms with Crippen molar-refractivity contribution in [3.63, 3.8) is 0 Å². The predicted octanol–water partition coefficient (Wildman–Crippen LogP) is 1.22. The zero-order valence-corrected chi connectivity index (χ0v) is 8.17. The van der Waals surface area contributed by atoms with Gasteiger partial charge in [-0.05, 0) is 19.1 Å². The fourth-order valence-corrected chi connectivity index (χ4v) is 1.34. The smallest absolute Gasteiger partial charge is 0.343 e. The molecule has 0 aliphatic carbocycles. The molecule has 1 N–H and O–H groups in total. The second kappa shape index (κ2) is 3.61. The van der Waals surface area contributed by atoms with E-state index in [0.717, 1.165) is 0 Å². The molecule has 2 aromatic rings. The van der Waals surface area contributed by atoms with Crippen molar-refractivity contribution in [2.24, 2.45) is 0 Å². The van der Waals surface area contributed by atoms with Crippen LogP contribution in [0.3, 0.4) is 0 Å². The molecule has 0 aliphatic heterocycles. The van der Waals surface area contributed by atoms with Crippen LogP contribution in [0.2, 0.25) is 0 Å². The predicted molar refractivity (Wildman–Crippen MR) is 52.8 cm³/mol. The number of carbonyl (C=O) groups is 1. The maximum absolute atomic E-state index is 11.4. The van der Waals surface area contributed by atoms with Crippen molar-refractivity contribution in [1.82, 2.24) is 9.61 Å². The second-order valence-corrected chi connectivity index (χ2v) is 2.97. The molecule has 0 radical (unpaired) electrons. The van der Waals surface area contributed by atoms with Crippen molar-refractivity contribution in [3.8, 4) is 5.75 Å². The SMILES string of the molecule is CCOC(=O)c1cnn2cccc2c1O. The van der Waals surface area contributed by atoms with Gasteiger partial charge in [-0.3, -0.25) is 0 Å². The summed E-state index contributed by atoms with van der Waals surface area (Å²) in [6.45, 7) is 1.97. The molecule has 0 amide bonds. The summed E-state index contributed by atoms with van der Waals surface area (Å²) in [7, 11) is 0. The Morgan fingerprint density at radius 2 is 2.47 bits per heavy atom. The average molecular weight is 206 g/mol. The van der Waals surface area contributed by atoms with Crippen molar-refractivity contribution in [1.29, 1.82) is 0 Å². The van der Waals surface area contributed by atoms with Gasteiger partial charge in [0.05, 0.1) is 12.8 Å². The molecule has 2 rings (SSSR count). The number of aromatic hydroxyl groups is 1. The summed E-state index contributed by atoms with van der Waals surface area (Å²) in [6, 6.07) is 3.40. The summed E-state index contributed by atoms with van der Waals surface area (Å²) < 4.78 is 6.27. The molecule has 0 atom stereocenters. The summed E-state index contributed by atoms with van der Waals surface area (Å²) in [5, 5.41) is 13.7. The molecule has 15 heavy (non-hydrogen) atoms. The minimum atomic E-state index is -0.564. The lowest BCUT2D eigenvalue weighted by atomic mass is 10.2. The quantitative estimate of drug-likeness (QED) is 0.750. The van der Waals surface area contributed by atoms with E-state index in [-0.39, 0.29) is 17.9 Å². The van der Waals surface area contributed by atoms with Crippen molar-refractivity contribution in [3.05, 3.63) is 30.1 Å². The molecule has 0 saturated heterocycles. The van der Waals surface area contributed by atoms with Gasteiger partial charge in [-0.2, -0.15) is 5.10 Å². The van der Waals surface area contributed by atoms with Crippen LogP contribution in [0, 0.1) is 0 Å². The van der Waals surface area contributed by atoms with Crippen LogP contribution in [0.5, 0.6) is 5.75 Å². The lowest BCUT2D eigenvalue weighted by Crippen LogP contribution is -2.06. The van der Waals surface area contributed by atoms with Gasteiger partial charge in [-0.25, -0.2) is 9.31 Å². The van der Waals surface area contributed by atoms with Crippen LogP contribution in [0.15, 0.2) is 24.5 Å². The Kier molecular flexibility index (Phi) is 2.29. The van der Waals surface area contributed by atoms with Gasteiger partial charge < -0.3 is 9.84 Å². The second-order valence-electron chi connectivity index (χ2n) is 2.97. The maximum atomic E-state index is 11.4. The van der Waals surface area contributed by atoms with Gasteiger partial charge in [-0.15, -0.1) is 0 Å². The maximum Gasteiger partial charge on any atom is 0.343 e. The van der Waals surface area contributed by atoms with Gasteiger partial charge in [0.15, 0.2) is 5.75 Å². The van der Waals surface area contributed by atoms with E-state index in [0.29, 0.717) is 5.52 Å². The van der Waals surface area contributed by atoms with Crippen LogP contribution in [0.25, 0.3) is 5.52 Å². The standard InChI is InChI=1S/C10H10N2O3/c1-2-15-10(14)7-6-11-12-5-3-4-8(12)9(7)13/h3-6,13H,2H2,1H3. The first-order valence-corrected chi connectivity index (χ1v) is 4.56. The van der Waals surface area contributed by atoms with Crippen LogP contribution >= 0.6 is 0 Å². The van der Waals surface area contributed by atoms with Crippen LogP contribution in [0.4, 0.5) is 0 Å². The lowest BCUT2D eigenvalue weighted by molar-refractivity contribution is 0.0522. The number of rotatable bonds is 2. The fourth-order valence-electron chi connectivity index (χ4n) is 1.34. The van der Waals surface area contributed by atoms with Gasteiger partial charge in [0, 0.05) is 6.20 Å². The van der Waals surface area contributed by atoms with Gasteiger partial charge in [0.2, 0.25) is 0 Å². The number of carbonyl (C=O) groups excluding carboxylic acids is 1. The number of esters is 1. The first-order chi connectivity index (χ1) is 7.24. The van der Waals surface area contributed by atoms with E-state index in [9.17, 15) is 9.90 Å². The highest BCUT2D eigenvalue weighted by molar-refractivity contribution is 5.94. The van der Waals surface area contributed by atoms with E-state index in [4.69, 9.17) is 4.74 Å². The first-order valence-electron chi connectivity index (χ1n) is 4.56. The summed E-state index contributed by atoms with van der Waals surface area (Å²) in [6.07, 6.45) is 2.98. The molecule has 0 bridgehead atoms. The monoisotopic (exact) mass is 206 g/mol. The van der Waals surface area contributed by atoms with E-state index in [1.807, 2.05) is 0 Å². The van der Waals surface area contributed by atoms with E-state index in [1.165, 1.54) is 10.7 Å². The van der Waals surface area contributed by atoms with Crippen LogP contribution < -0.4 is 0 Å². The number of hydrogen-bond donors (Lipinski definition) is 1. The first kappa shape index (κ1) is 9.51. The summed E-state index contributed by atoms with van der Waals surface area (Å²) in [5.74, 6) is -0.667. The fraction of sp³-hybridized carbons (Fsp3) is 0.200. The Morgan fingerprint density at radius 1 is 1.67 bits per heavy atom. The molecule has 5 nitrogen and oxygen atoms in total. The third-order valence-electron chi connectivity index (χ3n) is 2.03. The van der Waals surface area contributed by atoms with Crippen LogP contribution in [0.1, 0.15) is 17.3 Å². The van der Waals surface area contributed by atoms with Crippen molar-refractivity contribution < 1.29 is 14.6 Å². The van der Waals surface area contributed by atoms with Gasteiger partial charge in [-0.1, -0.05) is 0 Å². The molecular weight excluding hydrogens is 196 g/mol. The Balaban J connectivity index is 2.52. The molecule has 0 spiro atoms. The lowest BCUT2D eigenvalue weighted by Gasteiger charge is -2.04. The zero-order chi connectivity index (χ0) is 10.8. The third kappa shape index (κ3) is 1.52. The number of fused-ring (bicyclic) bond motifs is 1. The normalized spacial score (nSPS) is 10.5. The largest absolute Gasteiger partial charge is 0.505 e. The van der Waals surface area contributed by atoms with Gasteiger partial charge in [0.25, 0.3) is 0 Å². The molecule has 0 aromatic carbocycles. The highest BCUT2D eigenvalue weighted by atomic mass is 16.5. The van der Waals surface area contributed by atoms with E-state index in [2.05, 4.69) is 5.10 Å². The molecule has 0 aliphatic rings. The highest BCUT2D eigenvalue weighted by Crippen LogP contribution is 2.23. The molecule has 2 aromatic heterocycles. The Hall–Kier alpha value is -2.04. The third-order valence-corrected chi connectivity index (χ3v) is 2.03. The summed E-state index contributed by atoms with van der Waals surface area (Å²) in [4.78, 5) is 11.4. The van der Waals surface area contributed by atoms with Crippen molar-refractivity contribution >= 4 is 11.5 Å². The Bertz CT molecular complexity index is 504. The topological polar surface area (TPSA) is 63.8 Å². The molecular formula is C10H10N2O3. The van der Waals surface area contributed by atoms with Crippen molar-refractivity contribution in [2.75, 3.05) is 6.61 Å². The number of aromatic nitrogens is 2. The molecule has 0 saturated carbocycles. The number of hydrogen-bond acceptors (Lipinski definition) is 4. The summed E-state index contributed by atoms with van der Waals surface area (Å²) in [5.41, 5.74) is 0.573. The highest BCUT2D eigenvalue weighted by Gasteiger charge is 2.15. The van der Waals surface area contributed by atoms with E-state index in [1.54, 1.807) is 25.3 Å². The Labute approximate surface area is 85.9 Å². The van der Waals surface area contributed by atoms with Gasteiger partial charge >= 0.3 is 5.97 Å². The molecule has 5 heteroatoms. The minimum Gasteiger partial charge on any atom is -0.505 e. The Morgan fingerprint density at radius 3 is 3.20 bits per heavy atom. The van der Waals surface area contributed by atoms with E-state index >= 15 is 0 Å². The number of nitrogens with zero attached hydrogens (tertiary/aromatic N) is 2.